The van der Waals surface area contributed by atoms with Crippen LogP contribution in [0.3, 0.4) is 0 Å². The van der Waals surface area contributed by atoms with Crippen molar-refractivity contribution in [2.75, 3.05) is 13.7 Å². The highest BCUT2D eigenvalue weighted by Gasteiger charge is 2.03. The van der Waals surface area contributed by atoms with Crippen LogP contribution in [-0.2, 0) is 4.74 Å². The van der Waals surface area contributed by atoms with Crippen LogP contribution < -0.4 is 0 Å². The highest BCUT2D eigenvalue weighted by Crippen LogP contribution is 2.15. The summed E-state index contributed by atoms with van der Waals surface area (Å²) < 4.78 is 5.05. The van der Waals surface area contributed by atoms with E-state index in [-0.39, 0.29) is 0 Å². The number of unbranched alkanes of at least 4 members (excludes halogenated alkanes) is 1. The van der Waals surface area contributed by atoms with E-state index in [1.807, 2.05) is 0 Å². The lowest BCUT2D eigenvalue weighted by Crippen LogP contribution is -2.02. The predicted molar refractivity (Wildman–Crippen MR) is 49.8 cm³/mol. The van der Waals surface area contributed by atoms with Crippen molar-refractivity contribution in [2.45, 2.75) is 46.0 Å². The Labute approximate surface area is 71.1 Å². The van der Waals surface area contributed by atoms with Crippen molar-refractivity contribution >= 4 is 0 Å². The molecule has 1 atom stereocenters. The van der Waals surface area contributed by atoms with Gasteiger partial charge in [-0.25, -0.2) is 0 Å². The smallest absolute Gasteiger partial charge is 0.0464 e. The van der Waals surface area contributed by atoms with E-state index in [0.717, 1.165) is 12.5 Å². The largest absolute Gasteiger partial charge is 0.385 e. The molecule has 0 rings (SSSR count). The third-order valence-corrected chi connectivity index (χ3v) is 2.27. The van der Waals surface area contributed by atoms with E-state index < -0.39 is 0 Å². The summed E-state index contributed by atoms with van der Waals surface area (Å²) in [5, 5.41) is 0. The van der Waals surface area contributed by atoms with Gasteiger partial charge in [0.1, 0.15) is 0 Å². The van der Waals surface area contributed by atoms with Gasteiger partial charge >= 0.3 is 0 Å². The molecule has 0 bridgehead atoms. The summed E-state index contributed by atoms with van der Waals surface area (Å²) in [6.07, 6.45) is 6.64. The van der Waals surface area contributed by atoms with E-state index >= 15 is 0 Å². The first-order chi connectivity index (χ1) is 5.35. The van der Waals surface area contributed by atoms with Gasteiger partial charge in [0, 0.05) is 13.7 Å². The molecule has 0 aromatic rings. The molecule has 1 unspecified atom stereocenters. The maximum atomic E-state index is 5.05. The van der Waals surface area contributed by atoms with Crippen LogP contribution in [0.4, 0.5) is 0 Å². The molecule has 0 fully saturated rings. The molecule has 0 N–H and O–H groups in total. The molecule has 68 valence electrons. The van der Waals surface area contributed by atoms with E-state index in [1.54, 1.807) is 7.11 Å². The van der Waals surface area contributed by atoms with Crippen molar-refractivity contribution in [1.29, 1.82) is 0 Å². The van der Waals surface area contributed by atoms with E-state index in [9.17, 15) is 0 Å². The Morgan fingerprint density at radius 2 is 1.91 bits per heavy atom. The Balaban J connectivity index is 3.25. The zero-order valence-corrected chi connectivity index (χ0v) is 8.23. The number of ether oxygens (including phenoxy) is 1. The fraction of sp³-hybridized carbons (Fsp3) is 1.00. The first-order valence-electron chi connectivity index (χ1n) is 4.84. The lowest BCUT2D eigenvalue weighted by atomic mass is 9.96. The molecule has 0 aliphatic carbocycles. The summed E-state index contributed by atoms with van der Waals surface area (Å²) >= 11 is 0. The average Bonchev–Trinajstić information content (AvgIpc) is 2.05. The summed E-state index contributed by atoms with van der Waals surface area (Å²) in [6.45, 7) is 5.46. The third kappa shape index (κ3) is 6.36. The molecular formula is C10H22O. The van der Waals surface area contributed by atoms with E-state index in [4.69, 9.17) is 4.74 Å². The Bertz CT molecular complexity index is 63.3. The zero-order valence-electron chi connectivity index (χ0n) is 8.23. The monoisotopic (exact) mass is 158 g/mol. The minimum Gasteiger partial charge on any atom is -0.385 e. The molecular weight excluding hydrogens is 136 g/mol. The van der Waals surface area contributed by atoms with Crippen LogP contribution in [-0.4, -0.2) is 13.7 Å². The van der Waals surface area contributed by atoms with Gasteiger partial charge < -0.3 is 4.74 Å². The number of hydrogen-bond acceptors (Lipinski definition) is 1. The average molecular weight is 158 g/mol. The maximum absolute atomic E-state index is 5.05. The Hall–Kier alpha value is -0.0400. The normalized spacial score (nSPS) is 13.4. The predicted octanol–water partition coefficient (Wildman–Crippen LogP) is 3.24. The summed E-state index contributed by atoms with van der Waals surface area (Å²) in [5.74, 6) is 0.898. The second kappa shape index (κ2) is 8.06. The molecule has 0 spiro atoms. The van der Waals surface area contributed by atoms with Crippen LogP contribution in [0.2, 0.25) is 0 Å². The van der Waals surface area contributed by atoms with Crippen molar-refractivity contribution in [2.24, 2.45) is 5.92 Å². The van der Waals surface area contributed by atoms with E-state index in [0.29, 0.717) is 0 Å². The standard InChI is InChI=1S/C10H22O/c1-4-6-7-10(5-2)8-9-11-3/h10H,4-9H2,1-3H3. The van der Waals surface area contributed by atoms with Crippen LogP contribution >= 0.6 is 0 Å². The fourth-order valence-electron chi connectivity index (χ4n) is 1.33. The Kier molecular flexibility index (Phi) is 8.03. The van der Waals surface area contributed by atoms with Gasteiger partial charge in [-0.15, -0.1) is 0 Å². The third-order valence-electron chi connectivity index (χ3n) is 2.27. The highest BCUT2D eigenvalue weighted by molar-refractivity contribution is 4.56. The van der Waals surface area contributed by atoms with Gasteiger partial charge in [-0.1, -0.05) is 39.5 Å². The molecule has 0 aromatic carbocycles. The molecule has 0 amide bonds. The van der Waals surface area contributed by atoms with Crippen molar-refractivity contribution in [3.05, 3.63) is 0 Å². The van der Waals surface area contributed by atoms with Gasteiger partial charge in [0.05, 0.1) is 0 Å². The lowest BCUT2D eigenvalue weighted by molar-refractivity contribution is 0.173. The van der Waals surface area contributed by atoms with Crippen molar-refractivity contribution in [3.8, 4) is 0 Å². The summed E-state index contributed by atoms with van der Waals surface area (Å²) in [4.78, 5) is 0. The van der Waals surface area contributed by atoms with E-state index in [1.165, 1.54) is 32.1 Å². The molecule has 1 nitrogen and oxygen atoms in total. The molecule has 0 saturated heterocycles. The van der Waals surface area contributed by atoms with Gasteiger partial charge in [0.2, 0.25) is 0 Å². The second-order valence-corrected chi connectivity index (χ2v) is 3.20. The molecule has 0 aliphatic heterocycles. The van der Waals surface area contributed by atoms with Crippen LogP contribution in [0.15, 0.2) is 0 Å². The molecule has 0 aromatic heterocycles. The second-order valence-electron chi connectivity index (χ2n) is 3.20. The van der Waals surface area contributed by atoms with Crippen LogP contribution in [0.5, 0.6) is 0 Å². The van der Waals surface area contributed by atoms with Gasteiger partial charge in [0.15, 0.2) is 0 Å². The number of hydrogen-bond donors (Lipinski definition) is 0. The van der Waals surface area contributed by atoms with Gasteiger partial charge in [-0.3, -0.25) is 0 Å². The van der Waals surface area contributed by atoms with Gasteiger partial charge in [-0.05, 0) is 12.3 Å². The zero-order chi connectivity index (χ0) is 8.53. The Morgan fingerprint density at radius 3 is 2.36 bits per heavy atom. The lowest BCUT2D eigenvalue weighted by Gasteiger charge is -2.12. The minimum atomic E-state index is 0.898. The number of rotatable bonds is 7. The minimum absolute atomic E-state index is 0.898. The van der Waals surface area contributed by atoms with Crippen LogP contribution in [0.1, 0.15) is 46.0 Å². The Morgan fingerprint density at radius 1 is 1.18 bits per heavy atom. The van der Waals surface area contributed by atoms with Gasteiger partial charge in [-0.2, -0.15) is 0 Å². The summed E-state index contributed by atoms with van der Waals surface area (Å²) in [6, 6.07) is 0. The molecule has 0 saturated carbocycles. The molecule has 0 heterocycles. The fourth-order valence-corrected chi connectivity index (χ4v) is 1.33. The first kappa shape index (κ1) is 11.0. The van der Waals surface area contributed by atoms with E-state index in [2.05, 4.69) is 13.8 Å². The molecule has 1 heteroatoms. The van der Waals surface area contributed by atoms with Crippen LogP contribution in [0.25, 0.3) is 0 Å². The summed E-state index contributed by atoms with van der Waals surface area (Å²) in [5.41, 5.74) is 0. The topological polar surface area (TPSA) is 9.23 Å². The SMILES string of the molecule is CCCCC(CC)CCOC. The van der Waals surface area contributed by atoms with Crippen LogP contribution in [0, 0.1) is 5.92 Å². The van der Waals surface area contributed by atoms with Crippen molar-refractivity contribution in [1.82, 2.24) is 0 Å². The molecule has 0 aliphatic rings. The summed E-state index contributed by atoms with van der Waals surface area (Å²) in [7, 11) is 1.78. The highest BCUT2D eigenvalue weighted by atomic mass is 16.5. The molecule has 11 heavy (non-hydrogen) atoms. The molecule has 0 radical (unpaired) electrons. The maximum Gasteiger partial charge on any atom is 0.0464 e. The van der Waals surface area contributed by atoms with Crippen molar-refractivity contribution in [3.63, 3.8) is 0 Å². The van der Waals surface area contributed by atoms with Crippen molar-refractivity contribution < 1.29 is 4.74 Å². The first-order valence-corrected chi connectivity index (χ1v) is 4.84. The quantitative estimate of drug-likeness (QED) is 0.552. The van der Waals surface area contributed by atoms with Gasteiger partial charge in [0.25, 0.3) is 0 Å². The number of methoxy groups -OCH3 is 1.